The lowest BCUT2D eigenvalue weighted by molar-refractivity contribution is 0.513. The highest BCUT2D eigenvalue weighted by molar-refractivity contribution is 7.92. The number of fused-ring (bicyclic) bond motifs is 1. The van der Waals surface area contributed by atoms with Crippen LogP contribution in [0.3, 0.4) is 0 Å². The number of carbonyl (C=O) groups excluding carboxylic acids is 1. The van der Waals surface area contributed by atoms with Crippen molar-refractivity contribution in [1.29, 1.82) is 0 Å². The maximum absolute atomic E-state index is 12.9. The third kappa shape index (κ3) is 2.52. The van der Waals surface area contributed by atoms with E-state index in [1.54, 1.807) is 36.4 Å². The van der Waals surface area contributed by atoms with Gasteiger partial charge in [0.05, 0.1) is 10.6 Å². The van der Waals surface area contributed by atoms with E-state index in [1.165, 1.54) is 4.31 Å². The summed E-state index contributed by atoms with van der Waals surface area (Å²) in [4.78, 5) is 11.3. The largest absolute Gasteiger partial charge is 0.290 e. The molecule has 0 saturated heterocycles. The Balaban J connectivity index is 2.09. The van der Waals surface area contributed by atoms with Crippen LogP contribution >= 0.6 is 0 Å². The standard InChI is InChI=1S/C17H16NO3S/c1-13-6-8-16(9-7-13)22(20,21)18-11-14(12-19)10-15-4-2-3-5-17(15)18/h2-9,14H,10-11H2,1H3. The average molecular weight is 314 g/mol. The minimum Gasteiger partial charge on any atom is -0.290 e. The summed E-state index contributed by atoms with van der Waals surface area (Å²) in [5, 5.41) is 0. The molecule has 0 spiro atoms. The van der Waals surface area contributed by atoms with Crippen molar-refractivity contribution in [2.24, 2.45) is 5.92 Å². The zero-order valence-electron chi connectivity index (χ0n) is 12.2. The molecule has 0 saturated carbocycles. The van der Waals surface area contributed by atoms with E-state index in [-0.39, 0.29) is 11.4 Å². The lowest BCUT2D eigenvalue weighted by Crippen LogP contribution is -2.40. The lowest BCUT2D eigenvalue weighted by atomic mass is 9.95. The molecule has 3 rings (SSSR count). The first-order chi connectivity index (χ1) is 10.5. The number of benzene rings is 2. The number of anilines is 1. The van der Waals surface area contributed by atoms with Crippen LogP contribution in [0.25, 0.3) is 0 Å². The van der Waals surface area contributed by atoms with E-state index in [0.29, 0.717) is 12.1 Å². The minimum atomic E-state index is -3.68. The summed E-state index contributed by atoms with van der Waals surface area (Å²) >= 11 is 0. The predicted molar refractivity (Wildman–Crippen MR) is 85.0 cm³/mol. The molecular formula is C17H16NO3S. The van der Waals surface area contributed by atoms with Crippen LogP contribution < -0.4 is 4.31 Å². The summed E-state index contributed by atoms with van der Waals surface area (Å²) < 4.78 is 27.2. The first-order valence-corrected chi connectivity index (χ1v) is 8.51. The van der Waals surface area contributed by atoms with Gasteiger partial charge in [0.25, 0.3) is 10.0 Å². The number of hydrogen-bond acceptors (Lipinski definition) is 3. The average Bonchev–Trinajstić information content (AvgIpc) is 2.54. The first-order valence-electron chi connectivity index (χ1n) is 7.07. The number of sulfonamides is 1. The van der Waals surface area contributed by atoms with Gasteiger partial charge in [0, 0.05) is 12.5 Å². The zero-order valence-corrected chi connectivity index (χ0v) is 13.0. The molecule has 113 valence electrons. The minimum absolute atomic E-state index is 0.136. The number of nitrogens with zero attached hydrogens (tertiary/aromatic N) is 1. The van der Waals surface area contributed by atoms with E-state index < -0.39 is 15.9 Å². The monoisotopic (exact) mass is 314 g/mol. The van der Waals surface area contributed by atoms with E-state index in [4.69, 9.17) is 0 Å². The van der Waals surface area contributed by atoms with Crippen LogP contribution in [0.15, 0.2) is 53.4 Å². The SMILES string of the molecule is Cc1ccc(S(=O)(=O)N2CC([C]=O)Cc3ccccc32)cc1. The fraction of sp³-hybridized carbons (Fsp3) is 0.235. The second kappa shape index (κ2) is 5.57. The number of rotatable bonds is 3. The van der Waals surface area contributed by atoms with E-state index >= 15 is 0 Å². The topological polar surface area (TPSA) is 54.5 Å². The Morgan fingerprint density at radius 2 is 1.77 bits per heavy atom. The molecule has 1 unspecified atom stereocenters. The van der Waals surface area contributed by atoms with Crippen LogP contribution in [-0.2, 0) is 21.2 Å². The number of para-hydroxylation sites is 1. The third-order valence-electron chi connectivity index (χ3n) is 3.89. The Morgan fingerprint density at radius 1 is 1.09 bits per heavy atom. The molecule has 2 aromatic carbocycles. The van der Waals surface area contributed by atoms with Gasteiger partial charge in [-0.2, -0.15) is 0 Å². The van der Waals surface area contributed by atoms with Gasteiger partial charge in [0.15, 0.2) is 0 Å². The quantitative estimate of drug-likeness (QED) is 0.874. The van der Waals surface area contributed by atoms with Crippen molar-refractivity contribution >= 4 is 22.0 Å². The molecule has 0 bridgehead atoms. The second-order valence-corrected chi connectivity index (χ2v) is 7.36. The van der Waals surface area contributed by atoms with Gasteiger partial charge in [-0.05, 0) is 37.1 Å². The first kappa shape index (κ1) is 14.8. The maximum atomic E-state index is 12.9. The molecule has 5 heteroatoms. The van der Waals surface area contributed by atoms with Crippen molar-refractivity contribution in [3.05, 3.63) is 59.7 Å². The second-order valence-electron chi connectivity index (χ2n) is 5.50. The Hall–Kier alpha value is -2.14. The van der Waals surface area contributed by atoms with E-state index in [2.05, 4.69) is 0 Å². The van der Waals surface area contributed by atoms with Gasteiger partial charge < -0.3 is 0 Å². The van der Waals surface area contributed by atoms with Crippen LogP contribution in [-0.4, -0.2) is 21.2 Å². The molecule has 22 heavy (non-hydrogen) atoms. The molecule has 1 heterocycles. The predicted octanol–water partition coefficient (Wildman–Crippen LogP) is 2.47. The van der Waals surface area contributed by atoms with Crippen molar-refractivity contribution in [2.75, 3.05) is 10.8 Å². The molecule has 1 atom stereocenters. The van der Waals surface area contributed by atoms with Crippen molar-refractivity contribution in [3.8, 4) is 0 Å². The molecule has 1 aliphatic heterocycles. The molecule has 1 radical (unpaired) electrons. The summed E-state index contributed by atoms with van der Waals surface area (Å²) in [6, 6.07) is 14.0. The summed E-state index contributed by atoms with van der Waals surface area (Å²) in [6.45, 7) is 2.04. The molecule has 2 aromatic rings. The Kier molecular flexibility index (Phi) is 3.74. The Morgan fingerprint density at radius 3 is 2.45 bits per heavy atom. The lowest BCUT2D eigenvalue weighted by Gasteiger charge is -2.33. The van der Waals surface area contributed by atoms with Crippen LogP contribution in [0.4, 0.5) is 5.69 Å². The maximum Gasteiger partial charge on any atom is 0.264 e. The van der Waals surface area contributed by atoms with Gasteiger partial charge in [0.1, 0.15) is 0 Å². The molecule has 4 nitrogen and oxygen atoms in total. The highest BCUT2D eigenvalue weighted by Crippen LogP contribution is 2.33. The van der Waals surface area contributed by atoms with Crippen LogP contribution in [0, 0.1) is 12.8 Å². The van der Waals surface area contributed by atoms with Crippen molar-refractivity contribution in [2.45, 2.75) is 18.2 Å². The fourth-order valence-electron chi connectivity index (χ4n) is 2.70. The van der Waals surface area contributed by atoms with Gasteiger partial charge in [-0.1, -0.05) is 35.9 Å². The van der Waals surface area contributed by atoms with Crippen LogP contribution in [0.1, 0.15) is 11.1 Å². The zero-order chi connectivity index (χ0) is 15.7. The molecule has 0 amide bonds. The Labute approximate surface area is 130 Å². The van der Waals surface area contributed by atoms with Gasteiger partial charge in [-0.25, -0.2) is 8.42 Å². The van der Waals surface area contributed by atoms with E-state index in [1.807, 2.05) is 25.3 Å². The molecule has 0 aliphatic carbocycles. The molecular weight excluding hydrogens is 298 g/mol. The molecule has 1 aliphatic rings. The van der Waals surface area contributed by atoms with Crippen molar-refractivity contribution < 1.29 is 13.2 Å². The number of hydrogen-bond donors (Lipinski definition) is 0. The summed E-state index contributed by atoms with van der Waals surface area (Å²) in [6.07, 6.45) is 2.48. The van der Waals surface area contributed by atoms with Gasteiger partial charge in [0.2, 0.25) is 6.29 Å². The Bertz CT molecular complexity index is 797. The van der Waals surface area contributed by atoms with Crippen LogP contribution in [0.2, 0.25) is 0 Å². The van der Waals surface area contributed by atoms with E-state index in [0.717, 1.165) is 11.1 Å². The molecule has 0 N–H and O–H groups in total. The summed E-state index contributed by atoms with van der Waals surface area (Å²) in [5.41, 5.74) is 2.50. The highest BCUT2D eigenvalue weighted by Gasteiger charge is 2.33. The summed E-state index contributed by atoms with van der Waals surface area (Å²) in [5.74, 6) is -0.435. The van der Waals surface area contributed by atoms with Gasteiger partial charge in [-0.15, -0.1) is 0 Å². The number of aryl methyl sites for hydroxylation is 1. The fourth-order valence-corrected chi connectivity index (χ4v) is 4.25. The molecule has 0 fully saturated rings. The van der Waals surface area contributed by atoms with Crippen molar-refractivity contribution in [1.82, 2.24) is 0 Å². The third-order valence-corrected chi connectivity index (χ3v) is 5.68. The normalized spacial score (nSPS) is 17.9. The van der Waals surface area contributed by atoms with Crippen LogP contribution in [0.5, 0.6) is 0 Å². The highest BCUT2D eigenvalue weighted by atomic mass is 32.2. The van der Waals surface area contributed by atoms with Gasteiger partial charge in [-0.3, -0.25) is 9.10 Å². The van der Waals surface area contributed by atoms with E-state index in [9.17, 15) is 13.2 Å². The van der Waals surface area contributed by atoms with Gasteiger partial charge >= 0.3 is 0 Å². The van der Waals surface area contributed by atoms with Crippen molar-refractivity contribution in [3.63, 3.8) is 0 Å². The molecule has 0 aromatic heterocycles. The smallest absolute Gasteiger partial charge is 0.264 e. The summed E-state index contributed by atoms with van der Waals surface area (Å²) in [7, 11) is -3.68.